The summed E-state index contributed by atoms with van der Waals surface area (Å²) in [6, 6.07) is 15.3. The van der Waals surface area contributed by atoms with Crippen LogP contribution in [0.1, 0.15) is 49.5 Å². The second-order valence-corrected chi connectivity index (χ2v) is 8.36. The SMILES string of the molecule is CCCN(CCC)C[C@H](O)Cn1cc(/C=C/C(=O)c2ccc(OCC)cc2)c2ccccc21. The lowest BCUT2D eigenvalue weighted by atomic mass is 10.1. The van der Waals surface area contributed by atoms with Gasteiger partial charge in [-0.3, -0.25) is 4.79 Å². The number of ketones is 1. The average Bonchev–Trinajstić information content (AvgIpc) is 3.16. The molecule has 0 saturated carbocycles. The number of aliphatic hydroxyl groups is 1. The molecule has 176 valence electrons. The molecule has 5 nitrogen and oxygen atoms in total. The highest BCUT2D eigenvalue weighted by Crippen LogP contribution is 2.23. The van der Waals surface area contributed by atoms with Crippen LogP contribution >= 0.6 is 0 Å². The van der Waals surface area contributed by atoms with Crippen molar-refractivity contribution in [3.05, 3.63) is 71.9 Å². The van der Waals surface area contributed by atoms with Crippen LogP contribution in [0.5, 0.6) is 5.75 Å². The van der Waals surface area contributed by atoms with Gasteiger partial charge in [-0.05, 0) is 75.3 Å². The van der Waals surface area contributed by atoms with E-state index in [1.54, 1.807) is 18.2 Å². The molecule has 5 heteroatoms. The number of benzene rings is 2. The predicted molar refractivity (Wildman–Crippen MR) is 136 cm³/mol. The lowest BCUT2D eigenvalue weighted by Gasteiger charge is -2.24. The highest BCUT2D eigenvalue weighted by molar-refractivity contribution is 6.07. The summed E-state index contributed by atoms with van der Waals surface area (Å²) in [6.45, 7) is 10.0. The van der Waals surface area contributed by atoms with Crippen LogP contribution in [0.3, 0.4) is 0 Å². The third-order valence-electron chi connectivity index (χ3n) is 5.64. The van der Waals surface area contributed by atoms with Crippen molar-refractivity contribution in [3.8, 4) is 5.75 Å². The first-order chi connectivity index (χ1) is 16.0. The molecule has 0 bridgehead atoms. The van der Waals surface area contributed by atoms with Crippen LogP contribution in [0.4, 0.5) is 0 Å². The van der Waals surface area contributed by atoms with E-state index in [0.29, 0.717) is 25.3 Å². The zero-order chi connectivity index (χ0) is 23.6. The zero-order valence-electron chi connectivity index (χ0n) is 20.0. The number of allylic oxidation sites excluding steroid dienone is 1. The molecule has 0 spiro atoms. The van der Waals surface area contributed by atoms with Gasteiger partial charge in [0, 0.05) is 41.3 Å². The Morgan fingerprint density at radius 2 is 1.76 bits per heavy atom. The van der Waals surface area contributed by atoms with Crippen molar-refractivity contribution in [3.63, 3.8) is 0 Å². The molecule has 0 amide bonds. The molecular formula is C28H36N2O3. The number of carbonyl (C=O) groups is 1. The number of para-hydroxylation sites is 1. The Hall–Kier alpha value is -2.89. The summed E-state index contributed by atoms with van der Waals surface area (Å²) in [7, 11) is 0. The van der Waals surface area contributed by atoms with Gasteiger partial charge >= 0.3 is 0 Å². The molecule has 0 fully saturated rings. The molecule has 0 aliphatic carbocycles. The van der Waals surface area contributed by atoms with E-state index in [4.69, 9.17) is 4.74 Å². The molecule has 3 rings (SSSR count). The number of fused-ring (bicyclic) bond motifs is 1. The minimum atomic E-state index is -0.457. The van der Waals surface area contributed by atoms with Gasteiger partial charge in [-0.2, -0.15) is 0 Å². The van der Waals surface area contributed by atoms with Crippen molar-refractivity contribution in [2.24, 2.45) is 0 Å². The molecule has 3 aromatic rings. The van der Waals surface area contributed by atoms with Crippen LogP contribution in [0.15, 0.2) is 60.8 Å². The Balaban J connectivity index is 1.75. The maximum absolute atomic E-state index is 12.7. The zero-order valence-corrected chi connectivity index (χ0v) is 20.0. The van der Waals surface area contributed by atoms with Gasteiger partial charge in [0.05, 0.1) is 12.7 Å². The van der Waals surface area contributed by atoms with Crippen molar-refractivity contribution < 1.29 is 14.6 Å². The van der Waals surface area contributed by atoms with Gasteiger partial charge < -0.3 is 19.3 Å². The lowest BCUT2D eigenvalue weighted by molar-refractivity contribution is 0.0988. The highest BCUT2D eigenvalue weighted by atomic mass is 16.5. The average molecular weight is 449 g/mol. The number of hydrogen-bond donors (Lipinski definition) is 1. The summed E-state index contributed by atoms with van der Waals surface area (Å²) in [4.78, 5) is 15.0. The number of ether oxygens (including phenoxy) is 1. The van der Waals surface area contributed by atoms with Gasteiger partial charge in [0.15, 0.2) is 5.78 Å². The van der Waals surface area contributed by atoms with E-state index in [1.807, 2.05) is 43.5 Å². The number of aliphatic hydroxyl groups excluding tert-OH is 1. The lowest BCUT2D eigenvalue weighted by Crippen LogP contribution is -2.35. The number of nitrogens with zero attached hydrogens (tertiary/aromatic N) is 2. The molecule has 0 aliphatic heterocycles. The number of aromatic nitrogens is 1. The third kappa shape index (κ3) is 6.80. The molecule has 1 heterocycles. The van der Waals surface area contributed by atoms with Crippen LogP contribution in [0.25, 0.3) is 17.0 Å². The van der Waals surface area contributed by atoms with Crippen molar-refractivity contribution in [2.75, 3.05) is 26.2 Å². The van der Waals surface area contributed by atoms with Crippen molar-refractivity contribution in [1.82, 2.24) is 9.47 Å². The number of rotatable bonds is 13. The van der Waals surface area contributed by atoms with Gasteiger partial charge in [-0.25, -0.2) is 0 Å². The first-order valence-corrected chi connectivity index (χ1v) is 12.0. The predicted octanol–water partition coefficient (Wildman–Crippen LogP) is 5.42. The van der Waals surface area contributed by atoms with E-state index < -0.39 is 6.10 Å². The van der Waals surface area contributed by atoms with Crippen molar-refractivity contribution in [2.45, 2.75) is 46.3 Å². The summed E-state index contributed by atoms with van der Waals surface area (Å²) in [6.07, 6.45) is 7.21. The minimum absolute atomic E-state index is 0.0512. The van der Waals surface area contributed by atoms with Crippen LogP contribution in [0.2, 0.25) is 0 Å². The summed E-state index contributed by atoms with van der Waals surface area (Å²) in [5.41, 5.74) is 2.65. The molecule has 1 N–H and O–H groups in total. The molecule has 0 unspecified atom stereocenters. The molecule has 1 aromatic heterocycles. The quantitative estimate of drug-likeness (QED) is 0.280. The highest BCUT2D eigenvalue weighted by Gasteiger charge is 2.14. The van der Waals surface area contributed by atoms with Gasteiger partial charge in [-0.15, -0.1) is 0 Å². The first-order valence-electron chi connectivity index (χ1n) is 12.0. The van der Waals surface area contributed by atoms with E-state index in [-0.39, 0.29) is 5.78 Å². The maximum Gasteiger partial charge on any atom is 0.185 e. The Bertz CT molecular complexity index is 1050. The smallest absolute Gasteiger partial charge is 0.185 e. The topological polar surface area (TPSA) is 54.7 Å². The summed E-state index contributed by atoms with van der Waals surface area (Å²) in [5, 5.41) is 11.8. The van der Waals surface area contributed by atoms with Gasteiger partial charge in [0.2, 0.25) is 0 Å². The largest absolute Gasteiger partial charge is 0.494 e. The van der Waals surface area contributed by atoms with Crippen LogP contribution in [-0.2, 0) is 6.54 Å². The van der Waals surface area contributed by atoms with Crippen LogP contribution < -0.4 is 4.74 Å². The van der Waals surface area contributed by atoms with Crippen molar-refractivity contribution in [1.29, 1.82) is 0 Å². The van der Waals surface area contributed by atoms with E-state index in [9.17, 15) is 9.90 Å². The fourth-order valence-electron chi connectivity index (χ4n) is 4.21. The van der Waals surface area contributed by atoms with Gasteiger partial charge in [0.25, 0.3) is 0 Å². The van der Waals surface area contributed by atoms with Crippen molar-refractivity contribution >= 4 is 22.8 Å². The molecule has 1 atom stereocenters. The fourth-order valence-corrected chi connectivity index (χ4v) is 4.21. The van der Waals surface area contributed by atoms with E-state index in [1.165, 1.54) is 0 Å². The summed E-state index contributed by atoms with van der Waals surface area (Å²) in [5.74, 6) is 0.709. The van der Waals surface area contributed by atoms with Gasteiger partial charge in [-0.1, -0.05) is 32.0 Å². The summed E-state index contributed by atoms with van der Waals surface area (Å²) < 4.78 is 7.54. The van der Waals surface area contributed by atoms with E-state index >= 15 is 0 Å². The fraction of sp³-hybridized carbons (Fsp3) is 0.393. The Morgan fingerprint density at radius 3 is 2.42 bits per heavy atom. The third-order valence-corrected chi connectivity index (χ3v) is 5.64. The second-order valence-electron chi connectivity index (χ2n) is 8.36. The van der Waals surface area contributed by atoms with E-state index in [0.717, 1.165) is 48.1 Å². The minimum Gasteiger partial charge on any atom is -0.494 e. The van der Waals surface area contributed by atoms with Crippen LogP contribution in [-0.4, -0.2) is 52.7 Å². The number of hydrogen-bond acceptors (Lipinski definition) is 4. The molecule has 0 radical (unpaired) electrons. The maximum atomic E-state index is 12.7. The molecule has 0 aliphatic rings. The monoisotopic (exact) mass is 448 g/mol. The number of carbonyl (C=O) groups excluding carboxylic acids is 1. The Labute approximate surface area is 197 Å². The molecule has 33 heavy (non-hydrogen) atoms. The second kappa shape index (κ2) is 12.4. The Kier molecular flexibility index (Phi) is 9.28. The molecule has 0 saturated heterocycles. The normalized spacial score (nSPS) is 12.6. The van der Waals surface area contributed by atoms with E-state index in [2.05, 4.69) is 35.4 Å². The summed E-state index contributed by atoms with van der Waals surface area (Å²) >= 11 is 0. The standard InChI is InChI=1S/C28H36N2O3/c1-4-17-29(18-5-2)20-24(31)21-30-19-23(26-9-7-8-10-27(26)30)13-16-28(32)22-11-14-25(15-12-22)33-6-3/h7-16,19,24,31H,4-6,17-18,20-21H2,1-3H3/b16-13+/t24-/m0/s1. The van der Waals surface area contributed by atoms with Gasteiger partial charge in [0.1, 0.15) is 5.75 Å². The molecular weight excluding hydrogens is 412 g/mol. The Morgan fingerprint density at radius 1 is 1.06 bits per heavy atom. The van der Waals surface area contributed by atoms with Crippen LogP contribution in [0, 0.1) is 0 Å². The molecule has 2 aromatic carbocycles. The first kappa shape index (κ1) is 24.7.